The molecule has 0 amide bonds. The zero-order valence-electron chi connectivity index (χ0n) is 14.7. The van der Waals surface area contributed by atoms with Gasteiger partial charge in [0.1, 0.15) is 11.9 Å². The summed E-state index contributed by atoms with van der Waals surface area (Å²) in [6.45, 7) is 4.09. The minimum atomic E-state index is 0.626. The number of nitriles is 1. The predicted molar refractivity (Wildman–Crippen MR) is 106 cm³/mol. The third-order valence-electron chi connectivity index (χ3n) is 4.76. The molecular weight excluding hydrogens is 322 g/mol. The van der Waals surface area contributed by atoms with Gasteiger partial charge in [-0.05, 0) is 60.9 Å². The van der Waals surface area contributed by atoms with Crippen molar-refractivity contribution in [2.75, 3.05) is 11.1 Å². The number of imidazole rings is 1. The molecule has 5 nitrogen and oxygen atoms in total. The van der Waals surface area contributed by atoms with E-state index in [1.54, 1.807) is 0 Å². The second-order valence-electron chi connectivity index (χ2n) is 6.30. The summed E-state index contributed by atoms with van der Waals surface area (Å²) in [7, 11) is 0. The van der Waals surface area contributed by atoms with Crippen LogP contribution in [0, 0.1) is 18.3 Å². The molecule has 0 atom stereocenters. The smallest absolute Gasteiger partial charge is 0.157 e. The molecule has 0 saturated heterocycles. The Morgan fingerprint density at radius 1 is 1.15 bits per heavy atom. The first-order chi connectivity index (χ1) is 12.6. The fourth-order valence-electron chi connectivity index (χ4n) is 3.45. The molecule has 2 aromatic carbocycles. The van der Waals surface area contributed by atoms with Gasteiger partial charge in [0, 0.05) is 11.4 Å². The van der Waals surface area contributed by atoms with Crippen molar-refractivity contribution >= 4 is 33.9 Å². The van der Waals surface area contributed by atoms with Gasteiger partial charge in [0.05, 0.1) is 16.6 Å². The summed E-state index contributed by atoms with van der Waals surface area (Å²) in [5.74, 6) is 0.942. The Hall–Kier alpha value is -3.52. The molecule has 4 rings (SSSR count). The van der Waals surface area contributed by atoms with Crippen molar-refractivity contribution in [1.29, 1.82) is 5.26 Å². The first kappa shape index (κ1) is 16.0. The summed E-state index contributed by atoms with van der Waals surface area (Å²) in [6.07, 6.45) is 0.806. The van der Waals surface area contributed by atoms with E-state index in [2.05, 4.69) is 22.7 Å². The van der Waals surface area contributed by atoms with Gasteiger partial charge in [-0.1, -0.05) is 19.1 Å². The van der Waals surface area contributed by atoms with E-state index in [-0.39, 0.29) is 0 Å². The van der Waals surface area contributed by atoms with Gasteiger partial charge in [0.15, 0.2) is 5.65 Å². The van der Waals surface area contributed by atoms with E-state index in [1.807, 2.05) is 55.5 Å². The predicted octanol–water partition coefficient (Wildman–Crippen LogP) is 4.56. The number of nitrogen functional groups attached to an aromatic ring is 1. The Morgan fingerprint density at radius 3 is 2.58 bits per heavy atom. The normalized spacial score (nSPS) is 11.0. The van der Waals surface area contributed by atoms with Crippen LogP contribution in [0.1, 0.15) is 23.6 Å². The zero-order chi connectivity index (χ0) is 18.3. The van der Waals surface area contributed by atoms with Crippen molar-refractivity contribution in [3.63, 3.8) is 0 Å². The highest BCUT2D eigenvalue weighted by molar-refractivity contribution is 5.87. The summed E-state index contributed by atoms with van der Waals surface area (Å²) in [6, 6.07) is 17.9. The molecule has 3 N–H and O–H groups in total. The molecule has 0 bridgehead atoms. The number of benzene rings is 2. The van der Waals surface area contributed by atoms with Gasteiger partial charge >= 0.3 is 0 Å². The second-order valence-corrected chi connectivity index (χ2v) is 6.30. The molecule has 0 aliphatic carbocycles. The SMILES string of the molecule is CCc1c(C)c(C#N)c2nc3ccccc3n2c1Nc1ccc(N)cc1. The minimum Gasteiger partial charge on any atom is -0.399 e. The maximum absolute atomic E-state index is 9.74. The van der Waals surface area contributed by atoms with E-state index in [4.69, 9.17) is 10.7 Å². The standard InChI is InChI=1S/C21H19N5/c1-3-16-13(2)17(12-22)21-25-18-6-4-5-7-19(18)26(21)20(16)24-15-10-8-14(23)9-11-15/h4-11,24H,3,23H2,1-2H3. The number of para-hydroxylation sites is 2. The highest BCUT2D eigenvalue weighted by Crippen LogP contribution is 2.33. The molecule has 5 heteroatoms. The number of nitrogens with zero attached hydrogens (tertiary/aromatic N) is 3. The van der Waals surface area contributed by atoms with Gasteiger partial charge in [0.25, 0.3) is 0 Å². The number of aromatic nitrogens is 2. The average Bonchev–Trinajstić information content (AvgIpc) is 3.03. The monoisotopic (exact) mass is 341 g/mol. The maximum atomic E-state index is 9.74. The van der Waals surface area contributed by atoms with Crippen LogP contribution < -0.4 is 11.1 Å². The van der Waals surface area contributed by atoms with Gasteiger partial charge in [-0.3, -0.25) is 4.40 Å². The Labute approximate surface area is 151 Å². The van der Waals surface area contributed by atoms with Crippen LogP contribution in [-0.4, -0.2) is 9.38 Å². The molecule has 4 aromatic rings. The van der Waals surface area contributed by atoms with Crippen molar-refractivity contribution < 1.29 is 0 Å². The number of pyridine rings is 1. The Kier molecular flexibility index (Phi) is 3.74. The fraction of sp³-hybridized carbons (Fsp3) is 0.143. The van der Waals surface area contributed by atoms with E-state index >= 15 is 0 Å². The van der Waals surface area contributed by atoms with Crippen molar-refractivity contribution in [3.8, 4) is 6.07 Å². The summed E-state index contributed by atoms with van der Waals surface area (Å²) < 4.78 is 2.05. The lowest BCUT2D eigenvalue weighted by Gasteiger charge is -2.18. The van der Waals surface area contributed by atoms with E-state index < -0.39 is 0 Å². The van der Waals surface area contributed by atoms with Crippen LogP contribution >= 0.6 is 0 Å². The van der Waals surface area contributed by atoms with Crippen LogP contribution in [0.25, 0.3) is 16.7 Å². The lowest BCUT2D eigenvalue weighted by atomic mass is 10.0. The lowest BCUT2D eigenvalue weighted by Crippen LogP contribution is -2.07. The van der Waals surface area contributed by atoms with E-state index in [9.17, 15) is 5.26 Å². The van der Waals surface area contributed by atoms with Crippen molar-refractivity contribution in [2.45, 2.75) is 20.3 Å². The van der Waals surface area contributed by atoms with E-state index in [1.165, 1.54) is 0 Å². The molecule has 2 aromatic heterocycles. The number of rotatable bonds is 3. The molecule has 26 heavy (non-hydrogen) atoms. The third kappa shape index (κ3) is 2.35. The Morgan fingerprint density at radius 2 is 1.88 bits per heavy atom. The summed E-state index contributed by atoms with van der Waals surface area (Å²) in [5.41, 5.74) is 12.7. The molecule has 0 aliphatic heterocycles. The van der Waals surface area contributed by atoms with Crippen molar-refractivity contribution in [1.82, 2.24) is 9.38 Å². The largest absolute Gasteiger partial charge is 0.399 e. The molecule has 0 aliphatic rings. The van der Waals surface area contributed by atoms with Crippen molar-refractivity contribution in [2.24, 2.45) is 0 Å². The molecule has 0 spiro atoms. The molecule has 0 fully saturated rings. The molecule has 0 unspecified atom stereocenters. The Bertz CT molecular complexity index is 1160. The lowest BCUT2D eigenvalue weighted by molar-refractivity contribution is 1.05. The quantitative estimate of drug-likeness (QED) is 0.536. The van der Waals surface area contributed by atoms with Crippen LogP contribution in [0.15, 0.2) is 48.5 Å². The topological polar surface area (TPSA) is 79.1 Å². The highest BCUT2D eigenvalue weighted by atomic mass is 15.1. The molecule has 128 valence electrons. The van der Waals surface area contributed by atoms with Gasteiger partial charge in [0.2, 0.25) is 0 Å². The van der Waals surface area contributed by atoms with Crippen LogP contribution in [0.3, 0.4) is 0 Å². The second kappa shape index (κ2) is 6.08. The van der Waals surface area contributed by atoms with Crippen LogP contribution in [-0.2, 0) is 6.42 Å². The minimum absolute atomic E-state index is 0.626. The van der Waals surface area contributed by atoms with Crippen LogP contribution in [0.4, 0.5) is 17.2 Å². The van der Waals surface area contributed by atoms with E-state index in [0.717, 1.165) is 45.8 Å². The number of fused-ring (bicyclic) bond motifs is 3. The summed E-state index contributed by atoms with van der Waals surface area (Å²) in [4.78, 5) is 4.72. The maximum Gasteiger partial charge on any atom is 0.157 e. The molecular formula is C21H19N5. The number of nitrogens with one attached hydrogen (secondary N) is 1. The first-order valence-electron chi connectivity index (χ1n) is 8.59. The van der Waals surface area contributed by atoms with Crippen molar-refractivity contribution in [3.05, 3.63) is 65.2 Å². The van der Waals surface area contributed by atoms with Crippen LogP contribution in [0.2, 0.25) is 0 Å². The summed E-state index contributed by atoms with van der Waals surface area (Å²) in [5, 5.41) is 13.3. The van der Waals surface area contributed by atoms with Gasteiger partial charge in [-0.15, -0.1) is 0 Å². The summed E-state index contributed by atoms with van der Waals surface area (Å²) >= 11 is 0. The van der Waals surface area contributed by atoms with Gasteiger partial charge in [-0.25, -0.2) is 4.98 Å². The number of hydrogen-bond acceptors (Lipinski definition) is 4. The molecule has 0 saturated carbocycles. The van der Waals surface area contributed by atoms with Crippen LogP contribution in [0.5, 0.6) is 0 Å². The number of anilines is 3. The first-order valence-corrected chi connectivity index (χ1v) is 8.59. The average molecular weight is 341 g/mol. The van der Waals surface area contributed by atoms with E-state index in [0.29, 0.717) is 11.2 Å². The highest BCUT2D eigenvalue weighted by Gasteiger charge is 2.19. The number of nitrogens with two attached hydrogens (primary N) is 1. The molecule has 0 radical (unpaired) electrons. The Balaban J connectivity index is 2.09. The zero-order valence-corrected chi connectivity index (χ0v) is 14.7. The number of hydrogen-bond donors (Lipinski definition) is 2. The van der Waals surface area contributed by atoms with Gasteiger partial charge < -0.3 is 11.1 Å². The third-order valence-corrected chi connectivity index (χ3v) is 4.76. The van der Waals surface area contributed by atoms with Gasteiger partial charge in [-0.2, -0.15) is 5.26 Å². The fourth-order valence-corrected chi connectivity index (χ4v) is 3.45. The molecule has 2 heterocycles.